The first-order chi connectivity index (χ1) is 13.5. The molecular formula is C17H21BF3N5O2S. The maximum Gasteiger partial charge on any atom is 0.281 e. The molecule has 156 valence electrons. The fraction of sp³-hybridized carbons (Fsp3) is 0.647. The zero-order chi connectivity index (χ0) is 21.1. The molecule has 0 amide bonds. The molecule has 1 atom stereocenters. The molecule has 1 saturated heterocycles. The van der Waals surface area contributed by atoms with Gasteiger partial charge in [-0.25, -0.2) is 31.1 Å². The molecule has 2 aromatic heterocycles. The summed E-state index contributed by atoms with van der Waals surface area (Å²) < 4.78 is 70.4. The van der Waals surface area contributed by atoms with Gasteiger partial charge in [-0.3, -0.25) is 0 Å². The van der Waals surface area contributed by atoms with Crippen molar-refractivity contribution in [2.45, 2.75) is 56.2 Å². The number of alkyl halides is 2. The van der Waals surface area contributed by atoms with E-state index in [-0.39, 0.29) is 35.8 Å². The Morgan fingerprint density at radius 1 is 1.31 bits per heavy atom. The van der Waals surface area contributed by atoms with Gasteiger partial charge in [0.1, 0.15) is 19.2 Å². The first-order valence-electron chi connectivity index (χ1n) is 9.48. The van der Waals surface area contributed by atoms with Crippen molar-refractivity contribution >= 4 is 34.8 Å². The van der Waals surface area contributed by atoms with Crippen molar-refractivity contribution in [3.05, 3.63) is 17.7 Å². The first kappa shape index (κ1) is 20.5. The summed E-state index contributed by atoms with van der Waals surface area (Å²) >= 11 is 0. The quantitative estimate of drug-likeness (QED) is 0.730. The molecule has 1 aliphatic carbocycles. The number of aromatic nitrogens is 3. The van der Waals surface area contributed by atoms with Gasteiger partial charge in [-0.05, 0) is 30.6 Å². The van der Waals surface area contributed by atoms with Crippen LogP contribution in [-0.2, 0) is 10.0 Å². The summed E-state index contributed by atoms with van der Waals surface area (Å²) in [5.74, 6) is -4.20. The van der Waals surface area contributed by atoms with Gasteiger partial charge < -0.3 is 5.32 Å². The highest BCUT2D eigenvalue weighted by Gasteiger charge is 2.51. The minimum absolute atomic E-state index is 0.00330. The molecule has 2 fully saturated rings. The van der Waals surface area contributed by atoms with E-state index in [4.69, 9.17) is 7.85 Å². The van der Waals surface area contributed by atoms with Crippen LogP contribution in [0.3, 0.4) is 0 Å². The smallest absolute Gasteiger partial charge is 0.281 e. The highest BCUT2D eigenvalue weighted by molar-refractivity contribution is 7.90. The minimum atomic E-state index is -3.67. The second kappa shape index (κ2) is 6.87. The Hall–Kier alpha value is -1.82. The third-order valence-electron chi connectivity index (χ3n) is 5.42. The average Bonchev–Trinajstić information content (AvgIpc) is 3.45. The van der Waals surface area contributed by atoms with Crippen LogP contribution in [0.1, 0.15) is 44.7 Å². The van der Waals surface area contributed by atoms with Crippen molar-refractivity contribution in [3.63, 3.8) is 0 Å². The minimum Gasteiger partial charge on any atom is -0.344 e. The fourth-order valence-electron chi connectivity index (χ4n) is 3.71. The number of sulfonamides is 1. The molecule has 12 heteroatoms. The average molecular weight is 427 g/mol. The lowest BCUT2D eigenvalue weighted by Crippen LogP contribution is -2.56. The van der Waals surface area contributed by atoms with Crippen molar-refractivity contribution in [1.82, 2.24) is 18.9 Å². The molecule has 1 aliphatic heterocycles. The normalized spacial score (nSPS) is 23.0. The molecule has 2 aliphatic rings. The molecule has 0 spiro atoms. The SMILES string of the molecule is [B]c1c(F)c2cnc(N[C@@H]3CCN(S(=O)(=O)C4CC4)CC3(F)F)nn2c1C(C)C. The van der Waals surface area contributed by atoms with Gasteiger partial charge in [0.2, 0.25) is 16.0 Å². The van der Waals surface area contributed by atoms with E-state index < -0.39 is 39.6 Å². The third-order valence-corrected chi connectivity index (χ3v) is 7.76. The van der Waals surface area contributed by atoms with Gasteiger partial charge >= 0.3 is 0 Å². The van der Waals surface area contributed by atoms with Crippen LogP contribution in [0, 0.1) is 5.82 Å². The van der Waals surface area contributed by atoms with Crippen molar-refractivity contribution in [2.24, 2.45) is 0 Å². The highest BCUT2D eigenvalue weighted by Crippen LogP contribution is 2.36. The van der Waals surface area contributed by atoms with Gasteiger partial charge in [0.15, 0.2) is 0 Å². The Balaban J connectivity index is 1.58. The van der Waals surface area contributed by atoms with Crippen LogP contribution in [-0.4, -0.2) is 65.5 Å². The number of piperidine rings is 1. The monoisotopic (exact) mass is 427 g/mol. The van der Waals surface area contributed by atoms with Gasteiger partial charge in [-0.15, -0.1) is 5.10 Å². The van der Waals surface area contributed by atoms with Crippen LogP contribution in [0.5, 0.6) is 0 Å². The molecule has 29 heavy (non-hydrogen) atoms. The number of nitrogens with zero attached hydrogens (tertiary/aromatic N) is 4. The summed E-state index contributed by atoms with van der Waals surface area (Å²) in [5, 5.41) is 6.22. The molecule has 0 aromatic carbocycles. The summed E-state index contributed by atoms with van der Waals surface area (Å²) in [5.41, 5.74) is 0.448. The third kappa shape index (κ3) is 3.50. The molecule has 4 rings (SSSR count). The van der Waals surface area contributed by atoms with E-state index in [0.717, 1.165) is 4.31 Å². The molecule has 2 radical (unpaired) electrons. The Kier molecular flexibility index (Phi) is 4.84. The van der Waals surface area contributed by atoms with Crippen molar-refractivity contribution < 1.29 is 21.6 Å². The number of hydrogen-bond donors (Lipinski definition) is 1. The molecule has 1 N–H and O–H groups in total. The fourth-order valence-corrected chi connectivity index (χ4v) is 5.57. The van der Waals surface area contributed by atoms with E-state index >= 15 is 0 Å². The lowest BCUT2D eigenvalue weighted by atomic mass is 9.91. The Labute approximate surface area is 168 Å². The maximum atomic E-state index is 14.7. The van der Waals surface area contributed by atoms with Crippen molar-refractivity contribution in [2.75, 3.05) is 18.4 Å². The first-order valence-corrected chi connectivity index (χ1v) is 11.0. The Bertz CT molecular complexity index is 1060. The van der Waals surface area contributed by atoms with Crippen LogP contribution in [0.15, 0.2) is 6.20 Å². The van der Waals surface area contributed by atoms with Gasteiger partial charge in [0, 0.05) is 12.2 Å². The molecule has 1 saturated carbocycles. The standard InChI is InChI=1S/C17H21BF3N5O2S/c1-9(2)15-13(18)14(19)11-7-22-16(24-26(11)15)23-12-5-6-25(8-17(12,20)21)29(27,28)10-3-4-10/h7,9-10,12H,3-6,8H2,1-2H3,(H,23,24)/t12-/m1/s1. The Morgan fingerprint density at radius 2 is 2.00 bits per heavy atom. The van der Waals surface area contributed by atoms with E-state index in [9.17, 15) is 21.6 Å². The summed E-state index contributed by atoms with van der Waals surface area (Å²) in [6, 6.07) is -1.34. The lowest BCUT2D eigenvalue weighted by molar-refractivity contribution is -0.0543. The summed E-state index contributed by atoms with van der Waals surface area (Å²) in [6.07, 6.45) is 2.14. The molecule has 0 unspecified atom stereocenters. The largest absolute Gasteiger partial charge is 0.344 e. The molecular weight excluding hydrogens is 406 g/mol. The number of nitrogens with one attached hydrogen (secondary N) is 1. The van der Waals surface area contributed by atoms with E-state index in [2.05, 4.69) is 15.4 Å². The van der Waals surface area contributed by atoms with E-state index in [0.29, 0.717) is 18.5 Å². The summed E-state index contributed by atoms with van der Waals surface area (Å²) in [4.78, 5) is 3.94. The van der Waals surface area contributed by atoms with E-state index in [1.54, 1.807) is 0 Å². The zero-order valence-corrected chi connectivity index (χ0v) is 16.9. The predicted molar refractivity (Wildman–Crippen MR) is 103 cm³/mol. The van der Waals surface area contributed by atoms with Crippen LogP contribution >= 0.6 is 0 Å². The number of anilines is 1. The maximum absolute atomic E-state index is 14.7. The van der Waals surface area contributed by atoms with Crippen LogP contribution in [0.4, 0.5) is 19.1 Å². The summed E-state index contributed by atoms with van der Waals surface area (Å²) in [7, 11) is 2.15. The topological polar surface area (TPSA) is 79.6 Å². The molecule has 3 heterocycles. The van der Waals surface area contributed by atoms with Crippen LogP contribution in [0.2, 0.25) is 0 Å². The van der Waals surface area contributed by atoms with Gasteiger partial charge in [-0.1, -0.05) is 13.8 Å². The lowest BCUT2D eigenvalue weighted by Gasteiger charge is -2.37. The second-order valence-electron chi connectivity index (χ2n) is 7.97. The number of hydrogen-bond acceptors (Lipinski definition) is 5. The Morgan fingerprint density at radius 3 is 2.59 bits per heavy atom. The van der Waals surface area contributed by atoms with Gasteiger partial charge in [0.05, 0.1) is 24.0 Å². The van der Waals surface area contributed by atoms with Crippen molar-refractivity contribution in [3.8, 4) is 0 Å². The number of rotatable bonds is 5. The molecule has 7 nitrogen and oxygen atoms in total. The van der Waals surface area contributed by atoms with E-state index in [1.165, 1.54) is 10.7 Å². The van der Waals surface area contributed by atoms with Gasteiger partial charge in [-0.2, -0.15) is 4.31 Å². The summed E-state index contributed by atoms with van der Waals surface area (Å²) in [6.45, 7) is 2.75. The molecule has 2 aromatic rings. The predicted octanol–water partition coefficient (Wildman–Crippen LogP) is 1.40. The molecule has 0 bridgehead atoms. The second-order valence-corrected chi connectivity index (χ2v) is 10.2. The zero-order valence-electron chi connectivity index (χ0n) is 16.1. The van der Waals surface area contributed by atoms with Crippen LogP contribution < -0.4 is 10.8 Å². The highest BCUT2D eigenvalue weighted by atomic mass is 32.2. The van der Waals surface area contributed by atoms with Crippen molar-refractivity contribution in [1.29, 1.82) is 0 Å². The van der Waals surface area contributed by atoms with Crippen LogP contribution in [0.25, 0.3) is 5.52 Å². The number of halogens is 3. The van der Waals surface area contributed by atoms with Gasteiger partial charge in [0.25, 0.3) is 5.92 Å². The van der Waals surface area contributed by atoms with E-state index in [1.807, 2.05) is 13.8 Å². The number of fused-ring (bicyclic) bond motifs is 1.